The number of methoxy groups -OCH3 is 1. The second kappa shape index (κ2) is 8.24. The van der Waals surface area contributed by atoms with Crippen LogP contribution in [0, 0.1) is 0 Å². The van der Waals surface area contributed by atoms with Crippen molar-refractivity contribution in [3.63, 3.8) is 0 Å². The van der Waals surface area contributed by atoms with Gasteiger partial charge in [-0.05, 0) is 37.6 Å². The molecule has 2 heterocycles. The van der Waals surface area contributed by atoms with Crippen molar-refractivity contribution < 1.29 is 9.53 Å². The van der Waals surface area contributed by atoms with Gasteiger partial charge < -0.3 is 10.1 Å². The molecular formula is C19H21N5O2. The van der Waals surface area contributed by atoms with Crippen LogP contribution in [0.25, 0.3) is 11.3 Å². The number of benzene rings is 1. The Labute approximate surface area is 152 Å². The molecule has 0 radical (unpaired) electrons. The Kier molecular flexibility index (Phi) is 5.58. The lowest BCUT2D eigenvalue weighted by Crippen LogP contribution is -2.33. The Bertz CT molecular complexity index is 829. The van der Waals surface area contributed by atoms with E-state index in [1.807, 2.05) is 42.1 Å². The van der Waals surface area contributed by atoms with Gasteiger partial charge in [-0.3, -0.25) is 9.48 Å². The van der Waals surface area contributed by atoms with Crippen molar-refractivity contribution in [2.45, 2.75) is 25.9 Å². The van der Waals surface area contributed by atoms with Gasteiger partial charge in [-0.25, -0.2) is 0 Å². The molecule has 0 saturated heterocycles. The molecule has 0 unspecified atom stereocenters. The van der Waals surface area contributed by atoms with E-state index in [1.54, 1.807) is 31.5 Å². The number of ether oxygens (including phenoxy) is 1. The highest BCUT2D eigenvalue weighted by atomic mass is 16.5. The summed E-state index contributed by atoms with van der Waals surface area (Å²) in [6, 6.07) is 12.8. The lowest BCUT2D eigenvalue weighted by atomic mass is 10.1. The van der Waals surface area contributed by atoms with Crippen LogP contribution in [0.2, 0.25) is 0 Å². The summed E-state index contributed by atoms with van der Waals surface area (Å²) in [6.45, 7) is 2.76. The summed E-state index contributed by atoms with van der Waals surface area (Å²) in [5, 5.41) is 15.2. The number of carbonyl (C=O) groups excluding carboxylic acids is 1. The zero-order valence-corrected chi connectivity index (χ0v) is 14.8. The van der Waals surface area contributed by atoms with Gasteiger partial charge in [0.25, 0.3) is 5.91 Å². The predicted molar refractivity (Wildman–Crippen MR) is 97.8 cm³/mol. The van der Waals surface area contributed by atoms with Gasteiger partial charge in [0.1, 0.15) is 0 Å². The minimum absolute atomic E-state index is 0.0545. The van der Waals surface area contributed by atoms with E-state index in [2.05, 4.69) is 20.6 Å². The average molecular weight is 351 g/mol. The van der Waals surface area contributed by atoms with Gasteiger partial charge >= 0.3 is 0 Å². The lowest BCUT2D eigenvalue weighted by Gasteiger charge is -2.14. The maximum absolute atomic E-state index is 12.4. The molecule has 134 valence electrons. The van der Waals surface area contributed by atoms with Crippen molar-refractivity contribution in [1.29, 1.82) is 0 Å². The standard InChI is InChI=1S/C19H21N5O2/c1-14(10-13-24-12-3-11-20-24)21-19(25)16-6-4-15(5-7-16)17-8-9-18(26-2)23-22-17/h3-9,11-12,14H,10,13H2,1-2H3,(H,21,25)/t14-/m1/s1. The van der Waals surface area contributed by atoms with Crippen molar-refractivity contribution >= 4 is 5.91 Å². The van der Waals surface area contributed by atoms with Gasteiger partial charge in [0.05, 0.1) is 12.8 Å². The average Bonchev–Trinajstić information content (AvgIpc) is 3.20. The van der Waals surface area contributed by atoms with E-state index < -0.39 is 0 Å². The Balaban J connectivity index is 1.57. The normalized spacial score (nSPS) is 11.8. The zero-order chi connectivity index (χ0) is 18.4. The Morgan fingerprint density at radius 2 is 2.00 bits per heavy atom. The summed E-state index contributed by atoms with van der Waals surface area (Å²) in [6.07, 6.45) is 4.47. The van der Waals surface area contributed by atoms with Gasteiger partial charge in [-0.1, -0.05) is 12.1 Å². The Hall–Kier alpha value is -3.22. The molecule has 3 aromatic rings. The number of hydrogen-bond acceptors (Lipinski definition) is 5. The molecule has 1 aromatic carbocycles. The fraction of sp³-hybridized carbons (Fsp3) is 0.263. The van der Waals surface area contributed by atoms with Crippen LogP contribution in [0.1, 0.15) is 23.7 Å². The molecule has 3 rings (SSSR count). The van der Waals surface area contributed by atoms with Crippen LogP contribution < -0.4 is 10.1 Å². The molecule has 7 nitrogen and oxygen atoms in total. The fourth-order valence-corrected chi connectivity index (χ4v) is 2.51. The van der Waals surface area contributed by atoms with E-state index in [0.717, 1.165) is 24.2 Å². The molecule has 1 atom stereocenters. The Morgan fingerprint density at radius 1 is 1.19 bits per heavy atom. The first-order valence-electron chi connectivity index (χ1n) is 8.42. The second-order valence-corrected chi connectivity index (χ2v) is 5.97. The summed E-state index contributed by atoms with van der Waals surface area (Å²) in [5.41, 5.74) is 2.23. The van der Waals surface area contributed by atoms with Gasteiger partial charge in [-0.15, -0.1) is 10.2 Å². The van der Waals surface area contributed by atoms with Crippen molar-refractivity contribution in [3.05, 3.63) is 60.4 Å². The van der Waals surface area contributed by atoms with Crippen molar-refractivity contribution in [1.82, 2.24) is 25.3 Å². The van der Waals surface area contributed by atoms with Crippen LogP contribution in [0.4, 0.5) is 0 Å². The summed E-state index contributed by atoms with van der Waals surface area (Å²) in [7, 11) is 1.55. The van der Waals surface area contributed by atoms with Crippen LogP contribution in [0.15, 0.2) is 54.9 Å². The molecule has 0 aliphatic rings. The van der Waals surface area contributed by atoms with Crippen LogP contribution in [0.5, 0.6) is 5.88 Å². The van der Waals surface area contributed by atoms with Crippen molar-refractivity contribution in [2.75, 3.05) is 7.11 Å². The molecule has 1 N–H and O–H groups in total. The molecule has 26 heavy (non-hydrogen) atoms. The van der Waals surface area contributed by atoms with E-state index in [4.69, 9.17) is 4.74 Å². The molecular weight excluding hydrogens is 330 g/mol. The van der Waals surface area contributed by atoms with E-state index in [-0.39, 0.29) is 11.9 Å². The third-order valence-electron chi connectivity index (χ3n) is 4.02. The topological polar surface area (TPSA) is 81.9 Å². The van der Waals surface area contributed by atoms with Gasteiger partial charge in [0, 0.05) is 42.2 Å². The first-order chi connectivity index (χ1) is 12.7. The Morgan fingerprint density at radius 3 is 2.62 bits per heavy atom. The monoisotopic (exact) mass is 351 g/mol. The summed E-state index contributed by atoms with van der Waals surface area (Å²) >= 11 is 0. The van der Waals surface area contributed by atoms with E-state index >= 15 is 0 Å². The molecule has 7 heteroatoms. The largest absolute Gasteiger partial charge is 0.480 e. The van der Waals surface area contributed by atoms with E-state index in [9.17, 15) is 4.79 Å². The molecule has 0 aliphatic carbocycles. The van der Waals surface area contributed by atoms with Gasteiger partial charge in [0.2, 0.25) is 5.88 Å². The van der Waals surface area contributed by atoms with Crippen molar-refractivity contribution in [2.24, 2.45) is 0 Å². The molecule has 0 aliphatic heterocycles. The number of nitrogens with one attached hydrogen (secondary N) is 1. The minimum atomic E-state index is -0.0923. The quantitative estimate of drug-likeness (QED) is 0.707. The SMILES string of the molecule is COc1ccc(-c2ccc(C(=O)N[C@H](C)CCn3cccn3)cc2)nn1. The van der Waals surface area contributed by atoms with Crippen LogP contribution in [-0.4, -0.2) is 39.0 Å². The highest BCUT2D eigenvalue weighted by Gasteiger charge is 2.10. The molecule has 0 spiro atoms. The molecule has 0 saturated carbocycles. The number of carbonyl (C=O) groups is 1. The van der Waals surface area contributed by atoms with E-state index in [1.165, 1.54) is 0 Å². The van der Waals surface area contributed by atoms with Crippen LogP contribution in [-0.2, 0) is 6.54 Å². The number of aryl methyl sites for hydroxylation is 1. The number of rotatable bonds is 7. The van der Waals surface area contributed by atoms with Gasteiger partial charge in [0.15, 0.2) is 0 Å². The highest BCUT2D eigenvalue weighted by Crippen LogP contribution is 2.18. The summed E-state index contributed by atoms with van der Waals surface area (Å²) < 4.78 is 6.86. The number of amides is 1. The lowest BCUT2D eigenvalue weighted by molar-refractivity contribution is 0.0937. The number of hydrogen-bond donors (Lipinski definition) is 1. The summed E-state index contributed by atoms with van der Waals surface area (Å²) in [5.74, 6) is 0.374. The molecule has 1 amide bonds. The fourth-order valence-electron chi connectivity index (χ4n) is 2.51. The van der Waals surface area contributed by atoms with E-state index in [0.29, 0.717) is 11.4 Å². The molecule has 0 bridgehead atoms. The molecule has 0 fully saturated rings. The van der Waals surface area contributed by atoms with Crippen molar-refractivity contribution in [3.8, 4) is 17.1 Å². The third kappa shape index (κ3) is 4.44. The van der Waals surface area contributed by atoms with Crippen LogP contribution in [0.3, 0.4) is 0 Å². The number of nitrogens with zero attached hydrogens (tertiary/aromatic N) is 4. The maximum atomic E-state index is 12.4. The minimum Gasteiger partial charge on any atom is -0.480 e. The summed E-state index contributed by atoms with van der Waals surface area (Å²) in [4.78, 5) is 12.4. The predicted octanol–water partition coefficient (Wildman–Crippen LogP) is 2.56. The van der Waals surface area contributed by atoms with Crippen LogP contribution >= 0.6 is 0 Å². The number of aromatic nitrogens is 4. The zero-order valence-electron chi connectivity index (χ0n) is 14.8. The molecule has 2 aromatic heterocycles. The maximum Gasteiger partial charge on any atom is 0.251 e. The highest BCUT2D eigenvalue weighted by molar-refractivity contribution is 5.94. The smallest absolute Gasteiger partial charge is 0.251 e. The third-order valence-corrected chi connectivity index (χ3v) is 4.02. The second-order valence-electron chi connectivity index (χ2n) is 5.97. The first-order valence-corrected chi connectivity index (χ1v) is 8.42. The first kappa shape index (κ1) is 17.6. The van der Waals surface area contributed by atoms with Gasteiger partial charge in [-0.2, -0.15) is 5.10 Å².